The number of nitrogens with one attached hydrogen (secondary N) is 2. The van der Waals surface area contributed by atoms with E-state index in [1.54, 1.807) is 42.6 Å². The highest BCUT2D eigenvalue weighted by Crippen LogP contribution is 2.28. The Morgan fingerprint density at radius 1 is 1.29 bits per heavy atom. The third-order valence-corrected chi connectivity index (χ3v) is 3.01. The zero-order valence-electron chi connectivity index (χ0n) is 11.1. The Hall–Kier alpha value is -2.89. The molecule has 3 rings (SSSR count). The number of ether oxygens (including phenoxy) is 1. The highest BCUT2D eigenvalue weighted by molar-refractivity contribution is 6.05. The third kappa shape index (κ3) is 3.00. The SMILES string of the molecule is O=C1CCOc2ccc(C(=O)Nc3ccccn3)cc2N1. The fourth-order valence-electron chi connectivity index (χ4n) is 1.99. The molecule has 0 bridgehead atoms. The molecule has 2 N–H and O–H groups in total. The Balaban J connectivity index is 1.83. The molecule has 0 unspecified atom stereocenters. The maximum absolute atomic E-state index is 12.2. The molecule has 2 aromatic rings. The average Bonchev–Trinajstić information content (AvgIpc) is 2.68. The van der Waals surface area contributed by atoms with Gasteiger partial charge in [-0.2, -0.15) is 0 Å². The number of nitrogens with zero attached hydrogens (tertiary/aromatic N) is 1. The molecule has 0 fully saturated rings. The van der Waals surface area contributed by atoms with Crippen LogP contribution in [-0.2, 0) is 4.79 Å². The lowest BCUT2D eigenvalue weighted by Gasteiger charge is -2.09. The van der Waals surface area contributed by atoms with Gasteiger partial charge in [-0.1, -0.05) is 6.07 Å². The summed E-state index contributed by atoms with van der Waals surface area (Å²) in [7, 11) is 0. The number of hydrogen-bond donors (Lipinski definition) is 2. The van der Waals surface area contributed by atoms with Crippen LogP contribution in [0, 0.1) is 0 Å². The molecule has 0 saturated heterocycles. The molecule has 0 aliphatic carbocycles. The molecule has 2 heterocycles. The van der Waals surface area contributed by atoms with Gasteiger partial charge in [0.1, 0.15) is 11.6 Å². The van der Waals surface area contributed by atoms with Gasteiger partial charge in [0.2, 0.25) is 5.91 Å². The molecule has 0 saturated carbocycles. The number of aromatic nitrogens is 1. The molecule has 1 aliphatic rings. The first kappa shape index (κ1) is 13.1. The second-order valence-electron chi connectivity index (χ2n) is 4.53. The largest absolute Gasteiger partial charge is 0.491 e. The van der Waals surface area contributed by atoms with Gasteiger partial charge in [-0.05, 0) is 30.3 Å². The van der Waals surface area contributed by atoms with Crippen molar-refractivity contribution in [1.29, 1.82) is 0 Å². The van der Waals surface area contributed by atoms with E-state index in [1.165, 1.54) is 0 Å². The van der Waals surface area contributed by atoms with Crippen LogP contribution >= 0.6 is 0 Å². The molecule has 1 aromatic heterocycles. The number of pyridine rings is 1. The summed E-state index contributed by atoms with van der Waals surface area (Å²) in [6, 6.07) is 10.2. The van der Waals surface area contributed by atoms with Crippen molar-refractivity contribution in [3.05, 3.63) is 48.2 Å². The van der Waals surface area contributed by atoms with E-state index in [2.05, 4.69) is 15.6 Å². The van der Waals surface area contributed by atoms with E-state index in [0.29, 0.717) is 35.8 Å². The van der Waals surface area contributed by atoms with Crippen LogP contribution in [0.1, 0.15) is 16.8 Å². The molecule has 1 aromatic carbocycles. The Bertz CT molecular complexity index is 686. The minimum Gasteiger partial charge on any atom is -0.491 e. The van der Waals surface area contributed by atoms with Crippen LogP contribution in [0.5, 0.6) is 5.75 Å². The predicted molar refractivity (Wildman–Crippen MR) is 77.4 cm³/mol. The molecule has 6 nitrogen and oxygen atoms in total. The summed E-state index contributed by atoms with van der Waals surface area (Å²) in [5.41, 5.74) is 0.927. The average molecular weight is 283 g/mol. The van der Waals surface area contributed by atoms with Gasteiger partial charge in [-0.25, -0.2) is 4.98 Å². The number of rotatable bonds is 2. The maximum Gasteiger partial charge on any atom is 0.256 e. The summed E-state index contributed by atoms with van der Waals surface area (Å²) in [6.45, 7) is 0.332. The number of carbonyl (C=O) groups is 2. The second-order valence-corrected chi connectivity index (χ2v) is 4.53. The third-order valence-electron chi connectivity index (χ3n) is 3.01. The second kappa shape index (κ2) is 5.62. The van der Waals surface area contributed by atoms with Crippen LogP contribution in [0.4, 0.5) is 11.5 Å². The first-order chi connectivity index (χ1) is 10.2. The van der Waals surface area contributed by atoms with Crippen molar-refractivity contribution in [2.24, 2.45) is 0 Å². The molecule has 1 aliphatic heterocycles. The van der Waals surface area contributed by atoms with Crippen molar-refractivity contribution in [1.82, 2.24) is 4.98 Å². The Labute approximate surface area is 121 Å². The van der Waals surface area contributed by atoms with Gasteiger partial charge in [0.15, 0.2) is 0 Å². The molecular weight excluding hydrogens is 270 g/mol. The first-order valence-corrected chi connectivity index (χ1v) is 6.51. The Kier molecular flexibility index (Phi) is 3.51. The van der Waals surface area contributed by atoms with Crippen LogP contribution in [-0.4, -0.2) is 23.4 Å². The molecule has 6 heteroatoms. The lowest BCUT2D eigenvalue weighted by Crippen LogP contribution is -2.14. The fraction of sp³-hybridized carbons (Fsp3) is 0.133. The highest BCUT2D eigenvalue weighted by Gasteiger charge is 2.16. The minimum absolute atomic E-state index is 0.129. The van der Waals surface area contributed by atoms with Crippen LogP contribution < -0.4 is 15.4 Å². The van der Waals surface area contributed by atoms with E-state index in [-0.39, 0.29) is 11.8 Å². The molecule has 106 valence electrons. The fourth-order valence-corrected chi connectivity index (χ4v) is 1.99. The van der Waals surface area contributed by atoms with Crippen molar-refractivity contribution in [3.8, 4) is 5.75 Å². The monoisotopic (exact) mass is 283 g/mol. The molecule has 0 spiro atoms. The van der Waals surface area contributed by atoms with E-state index in [0.717, 1.165) is 0 Å². The number of fused-ring (bicyclic) bond motifs is 1. The predicted octanol–water partition coefficient (Wildman–Crippen LogP) is 2.05. The summed E-state index contributed by atoms with van der Waals surface area (Å²) in [6.07, 6.45) is 1.89. The molecule has 0 atom stereocenters. The smallest absolute Gasteiger partial charge is 0.256 e. The first-order valence-electron chi connectivity index (χ1n) is 6.51. The molecular formula is C15H13N3O3. The number of benzene rings is 1. The van der Waals surface area contributed by atoms with Gasteiger partial charge in [-0.3, -0.25) is 9.59 Å². The number of amides is 2. The van der Waals surface area contributed by atoms with Crippen molar-refractivity contribution < 1.29 is 14.3 Å². The van der Waals surface area contributed by atoms with Gasteiger partial charge in [0, 0.05) is 11.8 Å². The van der Waals surface area contributed by atoms with Crippen LogP contribution in [0.3, 0.4) is 0 Å². The highest BCUT2D eigenvalue weighted by atomic mass is 16.5. The number of anilines is 2. The van der Waals surface area contributed by atoms with Crippen LogP contribution in [0.25, 0.3) is 0 Å². The zero-order chi connectivity index (χ0) is 14.7. The van der Waals surface area contributed by atoms with E-state index in [9.17, 15) is 9.59 Å². The van der Waals surface area contributed by atoms with Crippen LogP contribution in [0.2, 0.25) is 0 Å². The zero-order valence-corrected chi connectivity index (χ0v) is 11.1. The normalized spacial score (nSPS) is 13.4. The summed E-state index contributed by atoms with van der Waals surface area (Å²) >= 11 is 0. The lowest BCUT2D eigenvalue weighted by atomic mass is 10.1. The van der Waals surface area contributed by atoms with Crippen molar-refractivity contribution in [2.45, 2.75) is 6.42 Å². The van der Waals surface area contributed by atoms with E-state index in [4.69, 9.17) is 4.74 Å². The lowest BCUT2D eigenvalue weighted by molar-refractivity contribution is -0.116. The van der Waals surface area contributed by atoms with Gasteiger partial charge >= 0.3 is 0 Å². The topological polar surface area (TPSA) is 80.3 Å². The van der Waals surface area contributed by atoms with Crippen molar-refractivity contribution >= 4 is 23.3 Å². The number of carbonyl (C=O) groups excluding carboxylic acids is 2. The van der Waals surface area contributed by atoms with Gasteiger partial charge < -0.3 is 15.4 Å². The summed E-state index contributed by atoms with van der Waals surface area (Å²) in [5, 5.41) is 5.41. The maximum atomic E-state index is 12.2. The summed E-state index contributed by atoms with van der Waals surface area (Å²) in [5.74, 6) is 0.610. The van der Waals surface area contributed by atoms with Crippen molar-refractivity contribution in [3.63, 3.8) is 0 Å². The quantitative estimate of drug-likeness (QED) is 0.884. The van der Waals surface area contributed by atoms with Gasteiger partial charge in [0.05, 0.1) is 18.7 Å². The van der Waals surface area contributed by atoms with Crippen molar-refractivity contribution in [2.75, 3.05) is 17.2 Å². The van der Waals surface area contributed by atoms with E-state index >= 15 is 0 Å². The molecule has 0 radical (unpaired) electrons. The van der Waals surface area contributed by atoms with Gasteiger partial charge in [-0.15, -0.1) is 0 Å². The Morgan fingerprint density at radius 3 is 3.00 bits per heavy atom. The standard InChI is InChI=1S/C15H13N3O3/c19-14-6-8-21-12-5-4-10(9-11(12)17-14)15(20)18-13-3-1-2-7-16-13/h1-5,7,9H,6,8H2,(H,17,19)(H,16,18,20). The molecule has 2 amide bonds. The van der Waals surface area contributed by atoms with E-state index in [1.807, 2.05) is 0 Å². The Morgan fingerprint density at radius 2 is 2.19 bits per heavy atom. The molecule has 21 heavy (non-hydrogen) atoms. The van der Waals surface area contributed by atoms with Crippen LogP contribution in [0.15, 0.2) is 42.6 Å². The minimum atomic E-state index is -0.296. The summed E-state index contributed by atoms with van der Waals surface area (Å²) < 4.78 is 5.44. The van der Waals surface area contributed by atoms with E-state index < -0.39 is 0 Å². The number of hydrogen-bond acceptors (Lipinski definition) is 4. The summed E-state index contributed by atoms with van der Waals surface area (Å²) in [4.78, 5) is 27.7. The van der Waals surface area contributed by atoms with Gasteiger partial charge in [0.25, 0.3) is 5.91 Å².